The molecule has 2 aliphatic rings. The molecule has 5 nitrogen and oxygen atoms in total. The fourth-order valence-corrected chi connectivity index (χ4v) is 4.79. The zero-order valence-corrected chi connectivity index (χ0v) is 14.9. The van der Waals surface area contributed by atoms with E-state index in [1.807, 2.05) is 6.92 Å². The number of nitrogens with one attached hydrogen (secondary N) is 1. The van der Waals surface area contributed by atoms with E-state index in [-0.39, 0.29) is 10.8 Å². The van der Waals surface area contributed by atoms with E-state index in [9.17, 15) is 13.5 Å². The molecule has 3 atom stereocenters. The molecule has 0 radical (unpaired) electrons. The van der Waals surface area contributed by atoms with E-state index in [4.69, 9.17) is 0 Å². The summed E-state index contributed by atoms with van der Waals surface area (Å²) < 4.78 is 24.9. The predicted molar refractivity (Wildman–Crippen MR) is 94.2 cm³/mol. The lowest BCUT2D eigenvalue weighted by molar-refractivity contribution is 0.146. The largest absolute Gasteiger partial charge is 0.392 e. The van der Waals surface area contributed by atoms with Crippen molar-refractivity contribution in [1.82, 2.24) is 4.83 Å². The van der Waals surface area contributed by atoms with Crippen LogP contribution in [0.4, 0.5) is 0 Å². The minimum Gasteiger partial charge on any atom is -0.392 e. The van der Waals surface area contributed by atoms with E-state index in [1.165, 1.54) is 6.42 Å². The van der Waals surface area contributed by atoms with Crippen molar-refractivity contribution in [2.45, 2.75) is 62.9 Å². The molecular formula is C18H26N2O3S. The van der Waals surface area contributed by atoms with E-state index in [0.717, 1.165) is 49.8 Å². The summed E-state index contributed by atoms with van der Waals surface area (Å²) in [5.41, 5.74) is 1.83. The maximum atomic E-state index is 12.4. The molecule has 2 aliphatic carbocycles. The second-order valence-electron chi connectivity index (χ2n) is 7.04. The van der Waals surface area contributed by atoms with Crippen molar-refractivity contribution in [3.05, 3.63) is 29.8 Å². The Morgan fingerprint density at radius 1 is 1.08 bits per heavy atom. The second-order valence-corrected chi connectivity index (χ2v) is 8.70. The smallest absolute Gasteiger partial charge is 0.276 e. The van der Waals surface area contributed by atoms with Crippen LogP contribution >= 0.6 is 0 Å². The van der Waals surface area contributed by atoms with Crippen LogP contribution in [0.3, 0.4) is 0 Å². The zero-order chi connectivity index (χ0) is 17.2. The van der Waals surface area contributed by atoms with Crippen molar-refractivity contribution in [1.29, 1.82) is 0 Å². The third kappa shape index (κ3) is 3.81. The summed E-state index contributed by atoms with van der Waals surface area (Å²) in [6.45, 7) is 1.92. The highest BCUT2D eigenvalue weighted by molar-refractivity contribution is 7.89. The number of aliphatic hydroxyl groups is 1. The first-order chi connectivity index (χ1) is 11.5. The zero-order valence-electron chi connectivity index (χ0n) is 14.1. The summed E-state index contributed by atoms with van der Waals surface area (Å²) >= 11 is 0. The van der Waals surface area contributed by atoms with E-state index in [1.54, 1.807) is 24.3 Å². The van der Waals surface area contributed by atoms with E-state index in [2.05, 4.69) is 9.93 Å². The van der Waals surface area contributed by atoms with Crippen LogP contribution in [0, 0.1) is 18.8 Å². The van der Waals surface area contributed by atoms with Crippen LogP contribution in [-0.2, 0) is 10.0 Å². The molecule has 0 amide bonds. The molecule has 1 aromatic carbocycles. The molecule has 0 spiro atoms. The first-order valence-corrected chi connectivity index (χ1v) is 10.3. The van der Waals surface area contributed by atoms with Crippen molar-refractivity contribution in [3.8, 4) is 0 Å². The fourth-order valence-electron chi connectivity index (χ4n) is 3.95. The molecule has 2 saturated carbocycles. The van der Waals surface area contributed by atoms with Crippen molar-refractivity contribution in [3.63, 3.8) is 0 Å². The average Bonchev–Trinajstić information content (AvgIpc) is 2.87. The lowest BCUT2D eigenvalue weighted by atomic mass is 9.82. The minimum absolute atomic E-state index is 0.00557. The van der Waals surface area contributed by atoms with Gasteiger partial charge in [0.25, 0.3) is 10.0 Å². The van der Waals surface area contributed by atoms with Crippen LogP contribution in [0.2, 0.25) is 0 Å². The van der Waals surface area contributed by atoms with Crippen molar-refractivity contribution >= 4 is 15.7 Å². The molecule has 132 valence electrons. The molecule has 0 aliphatic heterocycles. The Balaban J connectivity index is 1.81. The molecule has 6 heteroatoms. The topological polar surface area (TPSA) is 78.8 Å². The lowest BCUT2D eigenvalue weighted by Crippen LogP contribution is -2.32. The number of benzene rings is 1. The number of hydrazone groups is 1. The molecule has 24 heavy (non-hydrogen) atoms. The van der Waals surface area contributed by atoms with Gasteiger partial charge in [-0.25, -0.2) is 4.83 Å². The van der Waals surface area contributed by atoms with E-state index >= 15 is 0 Å². The highest BCUT2D eigenvalue weighted by Crippen LogP contribution is 2.39. The Hall–Kier alpha value is -1.40. The van der Waals surface area contributed by atoms with E-state index < -0.39 is 16.1 Å². The molecule has 3 rings (SSSR count). The first kappa shape index (κ1) is 17.4. The summed E-state index contributed by atoms with van der Waals surface area (Å²) in [7, 11) is -3.66. The normalized spacial score (nSPS) is 29.8. The number of aliphatic hydroxyl groups excluding tert-OH is 1. The number of aryl methyl sites for hydroxylation is 1. The van der Waals surface area contributed by atoms with Crippen LogP contribution in [0.25, 0.3) is 0 Å². The summed E-state index contributed by atoms with van der Waals surface area (Å²) in [6, 6.07) is 6.72. The molecule has 0 saturated heterocycles. The average molecular weight is 350 g/mol. The van der Waals surface area contributed by atoms with Crippen molar-refractivity contribution < 1.29 is 13.5 Å². The number of hydrogen-bond acceptors (Lipinski definition) is 4. The van der Waals surface area contributed by atoms with Gasteiger partial charge in [0, 0.05) is 11.6 Å². The second kappa shape index (κ2) is 7.23. The third-order valence-electron chi connectivity index (χ3n) is 5.29. The summed E-state index contributed by atoms with van der Waals surface area (Å²) in [5.74, 6) is 0.439. The number of nitrogens with zero attached hydrogens (tertiary/aromatic N) is 1. The molecule has 0 aromatic heterocycles. The van der Waals surface area contributed by atoms with Crippen molar-refractivity contribution in [2.75, 3.05) is 0 Å². The summed E-state index contributed by atoms with van der Waals surface area (Å²) in [6.07, 6.45) is 6.60. The van der Waals surface area contributed by atoms with E-state index in [0.29, 0.717) is 5.92 Å². The van der Waals surface area contributed by atoms with Crippen LogP contribution in [0.15, 0.2) is 34.3 Å². The molecular weight excluding hydrogens is 324 g/mol. The SMILES string of the molecule is Cc1ccc(S(=O)(=O)N/N=C2\CCCCC[C@@H]3CC[C@@H](O)[C@@H]23)cc1. The third-order valence-corrected chi connectivity index (χ3v) is 6.51. The Morgan fingerprint density at radius 2 is 1.83 bits per heavy atom. The summed E-state index contributed by atoms with van der Waals surface area (Å²) in [5, 5.41) is 14.6. The Morgan fingerprint density at radius 3 is 2.58 bits per heavy atom. The number of sulfonamides is 1. The first-order valence-electron chi connectivity index (χ1n) is 8.80. The van der Waals surface area contributed by atoms with Crippen LogP contribution < -0.4 is 4.83 Å². The van der Waals surface area contributed by atoms with Gasteiger partial charge in [-0.2, -0.15) is 13.5 Å². The molecule has 2 N–H and O–H groups in total. The maximum Gasteiger partial charge on any atom is 0.276 e. The summed E-state index contributed by atoms with van der Waals surface area (Å²) in [4.78, 5) is 2.61. The minimum atomic E-state index is -3.66. The number of fused-ring (bicyclic) bond motifs is 1. The van der Waals surface area contributed by atoms with Gasteiger partial charge < -0.3 is 5.11 Å². The van der Waals surface area contributed by atoms with Gasteiger partial charge in [0.2, 0.25) is 0 Å². The lowest BCUT2D eigenvalue weighted by Gasteiger charge is -2.26. The highest BCUT2D eigenvalue weighted by Gasteiger charge is 2.38. The van der Waals surface area contributed by atoms with Crippen LogP contribution in [0.5, 0.6) is 0 Å². The van der Waals surface area contributed by atoms with Crippen LogP contribution in [-0.4, -0.2) is 25.3 Å². The maximum absolute atomic E-state index is 12.4. The van der Waals surface area contributed by atoms with Gasteiger partial charge >= 0.3 is 0 Å². The van der Waals surface area contributed by atoms with Crippen LogP contribution in [0.1, 0.15) is 50.5 Å². The molecule has 1 aromatic rings. The van der Waals surface area contributed by atoms with Gasteiger partial charge in [0.15, 0.2) is 0 Å². The van der Waals surface area contributed by atoms with Crippen molar-refractivity contribution in [2.24, 2.45) is 16.9 Å². The Labute approximate surface area is 144 Å². The van der Waals surface area contributed by atoms with Gasteiger partial charge in [0.1, 0.15) is 0 Å². The number of hydrogen-bond donors (Lipinski definition) is 2. The van der Waals surface area contributed by atoms with Gasteiger partial charge in [-0.1, -0.05) is 30.5 Å². The molecule has 0 bridgehead atoms. The Kier molecular flexibility index (Phi) is 5.25. The predicted octanol–water partition coefficient (Wildman–Crippen LogP) is 2.98. The standard InChI is InChI=1S/C18H26N2O3S/c1-13-7-10-15(11-8-13)24(22,23)20-19-16-6-4-2-3-5-14-9-12-17(21)18(14)16/h7-8,10-11,14,17-18,20-21H,2-6,9,12H2,1H3/b19-16+/t14-,17-,18-/m1/s1. The van der Waals surface area contributed by atoms with Gasteiger partial charge in [-0.3, -0.25) is 0 Å². The van der Waals surface area contributed by atoms with Gasteiger partial charge in [-0.15, -0.1) is 0 Å². The fraction of sp³-hybridized carbons (Fsp3) is 0.611. The molecule has 0 unspecified atom stereocenters. The molecule has 2 fully saturated rings. The number of rotatable bonds is 3. The highest BCUT2D eigenvalue weighted by atomic mass is 32.2. The van der Waals surface area contributed by atoms with Gasteiger partial charge in [-0.05, 0) is 57.1 Å². The Bertz CT molecular complexity index is 697. The quantitative estimate of drug-likeness (QED) is 0.823. The molecule has 0 heterocycles. The van der Waals surface area contributed by atoms with Gasteiger partial charge in [0.05, 0.1) is 11.0 Å². The monoisotopic (exact) mass is 350 g/mol.